The van der Waals surface area contributed by atoms with Gasteiger partial charge >= 0.3 is 0 Å². The molecule has 0 radical (unpaired) electrons. The monoisotopic (exact) mass is 221 g/mol. The van der Waals surface area contributed by atoms with Gasteiger partial charge in [-0.2, -0.15) is 0 Å². The first-order valence-corrected chi connectivity index (χ1v) is 6.10. The molecule has 0 aliphatic rings. The summed E-state index contributed by atoms with van der Waals surface area (Å²) in [5.41, 5.74) is 9.24. The predicted molar refractivity (Wildman–Crippen MR) is 69.4 cm³/mol. The number of rotatable bonds is 5. The summed E-state index contributed by atoms with van der Waals surface area (Å²) >= 11 is 0. The zero-order chi connectivity index (χ0) is 12.1. The lowest BCUT2D eigenvalue weighted by molar-refractivity contribution is 0.116. The van der Waals surface area contributed by atoms with Gasteiger partial charge in [-0.3, -0.25) is 0 Å². The zero-order valence-electron chi connectivity index (χ0n) is 10.5. The van der Waals surface area contributed by atoms with E-state index >= 15 is 0 Å². The van der Waals surface area contributed by atoms with Crippen LogP contribution in [0.2, 0.25) is 0 Å². The molecule has 1 aromatic rings. The molecule has 0 spiro atoms. The molecule has 1 rings (SSSR count). The number of aliphatic hydroxyl groups is 1. The minimum absolute atomic E-state index is 0.232. The van der Waals surface area contributed by atoms with Crippen molar-refractivity contribution < 1.29 is 5.11 Å². The van der Waals surface area contributed by atoms with E-state index in [2.05, 4.69) is 19.1 Å². The number of benzene rings is 1. The highest BCUT2D eigenvalue weighted by Gasteiger charge is 2.10. The van der Waals surface area contributed by atoms with Gasteiger partial charge in [-0.1, -0.05) is 32.9 Å². The Morgan fingerprint density at radius 2 is 2.00 bits per heavy atom. The Balaban J connectivity index is 2.65. The summed E-state index contributed by atoms with van der Waals surface area (Å²) in [7, 11) is 0. The van der Waals surface area contributed by atoms with Crippen molar-refractivity contribution in [2.45, 2.75) is 46.1 Å². The largest absolute Gasteiger partial charge is 0.399 e. The number of aryl methyl sites for hydroxylation is 2. The molecule has 0 aliphatic carbocycles. The fourth-order valence-corrected chi connectivity index (χ4v) is 1.73. The minimum atomic E-state index is -0.232. The van der Waals surface area contributed by atoms with Gasteiger partial charge in [-0.05, 0) is 42.4 Å². The lowest BCUT2D eigenvalue weighted by atomic mass is 9.97. The van der Waals surface area contributed by atoms with E-state index < -0.39 is 0 Å². The van der Waals surface area contributed by atoms with Crippen molar-refractivity contribution in [3.05, 3.63) is 29.3 Å². The van der Waals surface area contributed by atoms with Gasteiger partial charge in [0.1, 0.15) is 0 Å². The van der Waals surface area contributed by atoms with E-state index in [0.29, 0.717) is 5.92 Å². The van der Waals surface area contributed by atoms with Crippen LogP contribution in [0.1, 0.15) is 38.3 Å². The molecule has 0 saturated heterocycles. The highest BCUT2D eigenvalue weighted by molar-refractivity contribution is 5.48. The summed E-state index contributed by atoms with van der Waals surface area (Å²) < 4.78 is 0. The molecule has 1 aromatic carbocycles. The first-order valence-electron chi connectivity index (χ1n) is 6.10. The van der Waals surface area contributed by atoms with Crippen LogP contribution in [0.25, 0.3) is 0 Å². The molecular weight excluding hydrogens is 198 g/mol. The van der Waals surface area contributed by atoms with E-state index in [4.69, 9.17) is 5.73 Å². The molecule has 90 valence electrons. The second kappa shape index (κ2) is 5.90. The fourth-order valence-electron chi connectivity index (χ4n) is 1.73. The maximum absolute atomic E-state index is 9.76. The number of anilines is 1. The van der Waals surface area contributed by atoms with E-state index in [9.17, 15) is 5.11 Å². The molecule has 1 unspecified atom stereocenters. The van der Waals surface area contributed by atoms with Crippen molar-refractivity contribution in [3.8, 4) is 0 Å². The Morgan fingerprint density at radius 3 is 2.56 bits per heavy atom. The smallest absolute Gasteiger partial charge is 0.0566 e. The molecule has 3 N–H and O–H groups in total. The Hall–Kier alpha value is -1.02. The van der Waals surface area contributed by atoms with Crippen LogP contribution < -0.4 is 5.73 Å². The zero-order valence-corrected chi connectivity index (χ0v) is 10.5. The Labute approximate surface area is 98.5 Å². The van der Waals surface area contributed by atoms with Crippen LogP contribution in [-0.2, 0) is 12.8 Å². The van der Waals surface area contributed by atoms with Crippen LogP contribution >= 0.6 is 0 Å². The van der Waals surface area contributed by atoms with Gasteiger partial charge in [-0.15, -0.1) is 0 Å². The highest BCUT2D eigenvalue weighted by Crippen LogP contribution is 2.18. The molecule has 2 nitrogen and oxygen atoms in total. The van der Waals surface area contributed by atoms with E-state index in [1.165, 1.54) is 11.1 Å². The van der Waals surface area contributed by atoms with Gasteiger partial charge in [0.15, 0.2) is 0 Å². The lowest BCUT2D eigenvalue weighted by Gasteiger charge is -2.15. The molecule has 0 heterocycles. The highest BCUT2D eigenvalue weighted by atomic mass is 16.3. The van der Waals surface area contributed by atoms with Crippen LogP contribution in [0.5, 0.6) is 0 Å². The number of hydrogen-bond donors (Lipinski definition) is 2. The lowest BCUT2D eigenvalue weighted by Crippen LogP contribution is -2.15. The fraction of sp³-hybridized carbons (Fsp3) is 0.571. The summed E-state index contributed by atoms with van der Waals surface area (Å²) in [6.07, 6.45) is 2.44. The van der Waals surface area contributed by atoms with Crippen LogP contribution in [0, 0.1) is 5.92 Å². The van der Waals surface area contributed by atoms with Crippen molar-refractivity contribution in [2.24, 2.45) is 5.92 Å². The molecule has 1 atom stereocenters. The van der Waals surface area contributed by atoms with Gasteiger partial charge in [0.05, 0.1) is 6.10 Å². The quantitative estimate of drug-likeness (QED) is 0.751. The summed E-state index contributed by atoms with van der Waals surface area (Å²) in [5, 5.41) is 9.76. The first kappa shape index (κ1) is 13.0. The SMILES string of the molecule is CCc1ccc(N)c(CCC(O)C(C)C)c1. The molecule has 0 aromatic heterocycles. The third kappa shape index (κ3) is 3.53. The summed E-state index contributed by atoms with van der Waals surface area (Å²) in [6.45, 7) is 6.21. The van der Waals surface area contributed by atoms with Crippen LogP contribution in [0.15, 0.2) is 18.2 Å². The number of hydrogen-bond acceptors (Lipinski definition) is 2. The topological polar surface area (TPSA) is 46.2 Å². The molecule has 0 amide bonds. The van der Waals surface area contributed by atoms with Crippen molar-refractivity contribution in [1.82, 2.24) is 0 Å². The van der Waals surface area contributed by atoms with E-state index in [-0.39, 0.29) is 6.10 Å². The van der Waals surface area contributed by atoms with Crippen LogP contribution in [0.4, 0.5) is 5.69 Å². The van der Waals surface area contributed by atoms with Gasteiger partial charge in [0.2, 0.25) is 0 Å². The summed E-state index contributed by atoms with van der Waals surface area (Å²) in [6, 6.07) is 6.19. The minimum Gasteiger partial charge on any atom is -0.399 e. The number of aliphatic hydroxyl groups excluding tert-OH is 1. The van der Waals surface area contributed by atoms with E-state index in [1.54, 1.807) is 0 Å². The molecule has 2 heteroatoms. The molecule has 16 heavy (non-hydrogen) atoms. The molecule has 0 saturated carbocycles. The van der Waals surface area contributed by atoms with Crippen molar-refractivity contribution >= 4 is 5.69 Å². The van der Waals surface area contributed by atoms with Gasteiger partial charge in [0, 0.05) is 5.69 Å². The molecule has 0 bridgehead atoms. The summed E-state index contributed by atoms with van der Waals surface area (Å²) in [4.78, 5) is 0. The predicted octanol–water partition coefficient (Wildman–Crippen LogP) is 2.78. The number of nitrogen functional groups attached to an aromatic ring is 1. The number of nitrogens with two attached hydrogens (primary N) is 1. The third-order valence-electron chi connectivity index (χ3n) is 3.09. The van der Waals surface area contributed by atoms with E-state index in [1.807, 2.05) is 19.9 Å². The molecular formula is C14H23NO. The Kier molecular flexibility index (Phi) is 4.81. The Morgan fingerprint density at radius 1 is 1.31 bits per heavy atom. The van der Waals surface area contributed by atoms with Crippen LogP contribution in [0.3, 0.4) is 0 Å². The maximum Gasteiger partial charge on any atom is 0.0566 e. The van der Waals surface area contributed by atoms with Gasteiger partial charge in [0.25, 0.3) is 0 Å². The first-order chi connectivity index (χ1) is 7.54. The molecule has 0 aliphatic heterocycles. The third-order valence-corrected chi connectivity index (χ3v) is 3.09. The Bertz CT molecular complexity index is 334. The van der Waals surface area contributed by atoms with Crippen molar-refractivity contribution in [1.29, 1.82) is 0 Å². The van der Waals surface area contributed by atoms with E-state index in [0.717, 1.165) is 24.9 Å². The van der Waals surface area contributed by atoms with Gasteiger partial charge < -0.3 is 10.8 Å². The summed E-state index contributed by atoms with van der Waals surface area (Å²) in [5.74, 6) is 0.315. The average Bonchev–Trinajstić information content (AvgIpc) is 2.27. The second-order valence-electron chi connectivity index (χ2n) is 4.74. The standard InChI is InChI=1S/C14H23NO/c1-4-11-5-7-13(15)12(9-11)6-8-14(16)10(2)3/h5,7,9-10,14,16H,4,6,8,15H2,1-3H3. The average molecular weight is 221 g/mol. The normalized spacial score (nSPS) is 13.1. The van der Waals surface area contributed by atoms with Gasteiger partial charge in [-0.25, -0.2) is 0 Å². The maximum atomic E-state index is 9.76. The van der Waals surface area contributed by atoms with Crippen molar-refractivity contribution in [2.75, 3.05) is 5.73 Å². The molecule has 0 fully saturated rings. The second-order valence-corrected chi connectivity index (χ2v) is 4.74. The van der Waals surface area contributed by atoms with Crippen LogP contribution in [-0.4, -0.2) is 11.2 Å². The van der Waals surface area contributed by atoms with Crippen molar-refractivity contribution in [3.63, 3.8) is 0 Å².